The first-order chi connectivity index (χ1) is 12.7. The molecular weight excluding hydrogens is 344 g/mol. The molecule has 0 heterocycles. The predicted molar refractivity (Wildman–Crippen MR) is 106 cm³/mol. The van der Waals surface area contributed by atoms with Gasteiger partial charge in [-0.2, -0.15) is 5.10 Å². The molecule has 0 fully saturated rings. The number of carbonyl (C=O) groups is 1. The van der Waals surface area contributed by atoms with Gasteiger partial charge in [0.15, 0.2) is 11.5 Å². The molecule has 2 aromatic carbocycles. The maximum Gasteiger partial charge on any atom is 0.343 e. The zero-order chi connectivity index (χ0) is 20.0. The van der Waals surface area contributed by atoms with Crippen molar-refractivity contribution in [3.8, 4) is 11.5 Å². The first kappa shape index (κ1) is 20.0. The summed E-state index contributed by atoms with van der Waals surface area (Å²) in [7, 11) is 1.49. The van der Waals surface area contributed by atoms with Crippen LogP contribution in [0.25, 0.3) is 0 Å². The second-order valence-electron chi connectivity index (χ2n) is 6.90. The van der Waals surface area contributed by atoms with E-state index in [4.69, 9.17) is 20.9 Å². The van der Waals surface area contributed by atoms with E-state index in [2.05, 4.69) is 31.0 Å². The quantitative estimate of drug-likeness (QED) is 0.277. The number of nitrogens with two attached hydrogens (primary N) is 2. The van der Waals surface area contributed by atoms with Gasteiger partial charge in [0.1, 0.15) is 0 Å². The largest absolute Gasteiger partial charge is 0.493 e. The number of benzene rings is 2. The summed E-state index contributed by atoms with van der Waals surface area (Å²) >= 11 is 0. The van der Waals surface area contributed by atoms with Crippen LogP contribution in [-0.4, -0.2) is 25.3 Å². The van der Waals surface area contributed by atoms with E-state index in [0.29, 0.717) is 22.6 Å². The molecule has 0 spiro atoms. The first-order valence-electron chi connectivity index (χ1n) is 8.33. The van der Waals surface area contributed by atoms with Gasteiger partial charge in [-0.1, -0.05) is 32.9 Å². The smallest absolute Gasteiger partial charge is 0.343 e. The Balaban J connectivity index is 2.17. The lowest BCUT2D eigenvalue weighted by Crippen LogP contribution is -2.21. The van der Waals surface area contributed by atoms with Crippen LogP contribution in [0, 0.1) is 0 Å². The predicted octanol–water partition coefficient (Wildman–Crippen LogP) is 2.82. The summed E-state index contributed by atoms with van der Waals surface area (Å²) in [5, 5.41) is 7.26. The van der Waals surface area contributed by atoms with E-state index in [1.807, 2.05) is 12.1 Å². The summed E-state index contributed by atoms with van der Waals surface area (Å²) in [6, 6.07) is 12.4. The fourth-order valence-corrected chi connectivity index (χ4v) is 2.28. The zero-order valence-electron chi connectivity index (χ0n) is 15.9. The van der Waals surface area contributed by atoms with Gasteiger partial charge in [0, 0.05) is 0 Å². The number of ether oxygens (including phenoxy) is 2. The standard InChI is InChI=1S/C20H24N4O3/c1-20(2,3)15-8-6-14(7-9-15)18(25)27-16-10-5-13(11-17(16)26-4)12-23-24-19(21)22/h5-12H,1-4H3,(H4,21,22,24)/b23-12-. The van der Waals surface area contributed by atoms with E-state index < -0.39 is 5.97 Å². The highest BCUT2D eigenvalue weighted by Gasteiger charge is 2.16. The van der Waals surface area contributed by atoms with Gasteiger partial charge in [0.05, 0.1) is 18.9 Å². The summed E-state index contributed by atoms with van der Waals surface area (Å²) in [5.74, 6) is 0.0987. The normalized spacial score (nSPS) is 11.3. The Hall–Kier alpha value is -3.35. The third-order valence-electron chi connectivity index (χ3n) is 3.76. The topological polar surface area (TPSA) is 112 Å². The van der Waals surface area contributed by atoms with Gasteiger partial charge < -0.3 is 20.9 Å². The van der Waals surface area contributed by atoms with Crippen LogP contribution in [0.4, 0.5) is 0 Å². The summed E-state index contributed by atoms with van der Waals surface area (Å²) in [6.45, 7) is 6.34. The number of guanidine groups is 1. The number of carbonyl (C=O) groups excluding carboxylic acids is 1. The molecule has 0 saturated carbocycles. The van der Waals surface area contributed by atoms with Crippen molar-refractivity contribution in [2.24, 2.45) is 21.7 Å². The van der Waals surface area contributed by atoms with Crippen LogP contribution in [0.5, 0.6) is 11.5 Å². The van der Waals surface area contributed by atoms with Gasteiger partial charge in [0.25, 0.3) is 0 Å². The Kier molecular flexibility index (Phi) is 6.18. The van der Waals surface area contributed by atoms with Crippen molar-refractivity contribution in [1.29, 1.82) is 0 Å². The summed E-state index contributed by atoms with van der Waals surface area (Å²) in [4.78, 5) is 12.4. The summed E-state index contributed by atoms with van der Waals surface area (Å²) in [5.41, 5.74) is 12.7. The van der Waals surface area contributed by atoms with Crippen LogP contribution in [0.2, 0.25) is 0 Å². The number of hydrogen-bond acceptors (Lipinski definition) is 5. The lowest BCUT2D eigenvalue weighted by atomic mass is 9.87. The van der Waals surface area contributed by atoms with Crippen LogP contribution in [0.15, 0.2) is 52.7 Å². The lowest BCUT2D eigenvalue weighted by Gasteiger charge is -2.19. The van der Waals surface area contributed by atoms with Crippen molar-refractivity contribution >= 4 is 18.1 Å². The molecular formula is C20H24N4O3. The molecule has 0 amide bonds. The van der Waals surface area contributed by atoms with E-state index in [1.165, 1.54) is 13.3 Å². The van der Waals surface area contributed by atoms with Crippen molar-refractivity contribution in [3.63, 3.8) is 0 Å². The molecule has 0 unspecified atom stereocenters. The number of methoxy groups -OCH3 is 1. The van der Waals surface area contributed by atoms with E-state index in [-0.39, 0.29) is 11.4 Å². The Morgan fingerprint density at radius 1 is 1.04 bits per heavy atom. The van der Waals surface area contributed by atoms with Crippen LogP contribution >= 0.6 is 0 Å². The van der Waals surface area contributed by atoms with Crippen molar-refractivity contribution in [3.05, 3.63) is 59.2 Å². The molecule has 7 nitrogen and oxygen atoms in total. The third kappa shape index (κ3) is 5.57. The molecule has 0 atom stereocenters. The van der Waals surface area contributed by atoms with Crippen molar-refractivity contribution < 1.29 is 14.3 Å². The van der Waals surface area contributed by atoms with Gasteiger partial charge >= 0.3 is 5.97 Å². The molecule has 7 heteroatoms. The monoisotopic (exact) mass is 368 g/mol. The molecule has 2 rings (SSSR count). The van der Waals surface area contributed by atoms with Crippen LogP contribution in [-0.2, 0) is 5.41 Å². The van der Waals surface area contributed by atoms with Gasteiger partial charge in [-0.05, 0) is 46.9 Å². The molecule has 0 aromatic heterocycles. The SMILES string of the molecule is COc1cc(/C=N\N=C(N)N)ccc1OC(=O)c1ccc(C(C)(C)C)cc1. The average molecular weight is 368 g/mol. The fourth-order valence-electron chi connectivity index (χ4n) is 2.28. The minimum absolute atomic E-state index is 0.0155. The van der Waals surface area contributed by atoms with Gasteiger partial charge in [0.2, 0.25) is 5.96 Å². The summed E-state index contributed by atoms with van der Waals surface area (Å²) < 4.78 is 10.8. The minimum Gasteiger partial charge on any atom is -0.493 e. The number of rotatable bonds is 5. The molecule has 27 heavy (non-hydrogen) atoms. The highest BCUT2D eigenvalue weighted by molar-refractivity contribution is 5.91. The third-order valence-corrected chi connectivity index (χ3v) is 3.76. The highest BCUT2D eigenvalue weighted by Crippen LogP contribution is 2.29. The van der Waals surface area contributed by atoms with Crippen LogP contribution < -0.4 is 20.9 Å². The first-order valence-corrected chi connectivity index (χ1v) is 8.33. The Bertz CT molecular complexity index is 862. The van der Waals surface area contributed by atoms with E-state index >= 15 is 0 Å². The molecule has 0 bridgehead atoms. The maximum absolute atomic E-state index is 12.4. The molecule has 0 saturated heterocycles. The molecule has 2 aromatic rings. The lowest BCUT2D eigenvalue weighted by molar-refractivity contribution is 0.0729. The van der Waals surface area contributed by atoms with Gasteiger partial charge in [-0.25, -0.2) is 4.79 Å². The molecule has 0 radical (unpaired) electrons. The molecule has 4 N–H and O–H groups in total. The van der Waals surface area contributed by atoms with E-state index in [9.17, 15) is 4.79 Å². The van der Waals surface area contributed by atoms with Crippen molar-refractivity contribution in [2.45, 2.75) is 26.2 Å². The Morgan fingerprint density at radius 3 is 2.26 bits per heavy atom. The zero-order valence-corrected chi connectivity index (χ0v) is 15.9. The van der Waals surface area contributed by atoms with E-state index in [0.717, 1.165) is 5.56 Å². The molecule has 0 aliphatic rings. The highest BCUT2D eigenvalue weighted by atomic mass is 16.6. The summed E-state index contributed by atoms with van der Waals surface area (Å²) in [6.07, 6.45) is 1.46. The second-order valence-corrected chi connectivity index (χ2v) is 6.90. The van der Waals surface area contributed by atoms with Crippen molar-refractivity contribution in [1.82, 2.24) is 0 Å². The van der Waals surface area contributed by atoms with Gasteiger partial charge in [-0.3, -0.25) is 0 Å². The number of nitrogens with zero attached hydrogens (tertiary/aromatic N) is 2. The minimum atomic E-state index is -0.462. The van der Waals surface area contributed by atoms with Crippen LogP contribution in [0.1, 0.15) is 42.3 Å². The Morgan fingerprint density at radius 2 is 1.70 bits per heavy atom. The van der Waals surface area contributed by atoms with E-state index in [1.54, 1.807) is 30.3 Å². The van der Waals surface area contributed by atoms with Crippen molar-refractivity contribution in [2.75, 3.05) is 7.11 Å². The second kappa shape index (κ2) is 8.35. The molecule has 0 aliphatic carbocycles. The maximum atomic E-state index is 12.4. The number of hydrogen-bond donors (Lipinski definition) is 2. The average Bonchev–Trinajstić information content (AvgIpc) is 2.61. The van der Waals surface area contributed by atoms with Crippen LogP contribution in [0.3, 0.4) is 0 Å². The number of esters is 1. The Labute approximate surface area is 158 Å². The fraction of sp³-hybridized carbons (Fsp3) is 0.250. The van der Waals surface area contributed by atoms with Gasteiger partial charge in [-0.15, -0.1) is 5.10 Å². The molecule has 142 valence electrons. The molecule has 0 aliphatic heterocycles.